The van der Waals surface area contributed by atoms with Crippen LogP contribution in [0.2, 0.25) is 0 Å². The summed E-state index contributed by atoms with van der Waals surface area (Å²) in [5.41, 5.74) is 2.31. The summed E-state index contributed by atoms with van der Waals surface area (Å²) in [5, 5.41) is 18.5. The number of likely N-dealkylation sites (N-methyl/N-ethyl adjacent to an activating group) is 1. The lowest BCUT2D eigenvalue weighted by Crippen LogP contribution is -2.68. The van der Waals surface area contributed by atoms with Gasteiger partial charge in [-0.1, -0.05) is 12.2 Å². The van der Waals surface area contributed by atoms with Crippen molar-refractivity contribution in [2.24, 2.45) is 5.92 Å². The average molecular weight is 513 g/mol. The van der Waals surface area contributed by atoms with Crippen LogP contribution in [0.15, 0.2) is 36.4 Å². The van der Waals surface area contributed by atoms with Gasteiger partial charge in [-0.25, -0.2) is 0 Å². The lowest BCUT2D eigenvalue weighted by atomic mass is 10.0. The fourth-order valence-corrected chi connectivity index (χ4v) is 5.99. The molecule has 0 aromatic heterocycles. The van der Waals surface area contributed by atoms with Crippen molar-refractivity contribution < 1.29 is 14.3 Å². The van der Waals surface area contributed by atoms with Crippen LogP contribution in [0.3, 0.4) is 0 Å². The number of piperazine rings is 1. The predicted molar refractivity (Wildman–Crippen MR) is 141 cm³/mol. The summed E-state index contributed by atoms with van der Waals surface area (Å²) in [6.07, 6.45) is 6.58. The van der Waals surface area contributed by atoms with Crippen molar-refractivity contribution in [3.63, 3.8) is 0 Å². The molecule has 1 amide bonds. The van der Waals surface area contributed by atoms with Crippen molar-refractivity contribution in [2.75, 3.05) is 69.9 Å². The van der Waals surface area contributed by atoms with E-state index in [-0.39, 0.29) is 43.5 Å². The third-order valence-corrected chi connectivity index (χ3v) is 8.10. The standard InChI is InChI=1S/C26H40N8O3/c1-31-12-14-32(15-13-31)20-9-7-19(8-10-20)28-26-27-17-21-24(30-26)34-22-5-4-6-23(29-22)37-18-36-16-3-2-11-33(34)25(21)35/h2-3,7-10,21-24,26-30H,4-6,11-18H2,1H3/b3-2+. The number of piperidine rings is 1. The van der Waals surface area contributed by atoms with Crippen LogP contribution in [-0.2, 0) is 14.3 Å². The number of hydrogen-bond donors (Lipinski definition) is 4. The highest BCUT2D eigenvalue weighted by molar-refractivity contribution is 5.82. The zero-order chi connectivity index (χ0) is 25.2. The van der Waals surface area contributed by atoms with Crippen LogP contribution in [-0.4, -0.2) is 105 Å². The monoisotopic (exact) mass is 512 g/mol. The third-order valence-electron chi connectivity index (χ3n) is 8.10. The molecule has 5 aliphatic heterocycles. The number of amides is 1. The van der Waals surface area contributed by atoms with Crippen LogP contribution < -0.4 is 26.2 Å². The topological polar surface area (TPSA) is 96.6 Å². The van der Waals surface area contributed by atoms with Crippen molar-refractivity contribution in [3.05, 3.63) is 36.4 Å². The zero-order valence-electron chi connectivity index (χ0n) is 21.6. The number of nitrogens with one attached hydrogen (secondary N) is 4. The summed E-state index contributed by atoms with van der Waals surface area (Å²) in [5.74, 6) is -0.0111. The van der Waals surface area contributed by atoms with Gasteiger partial charge in [0.2, 0.25) is 5.91 Å². The van der Waals surface area contributed by atoms with Gasteiger partial charge in [0.15, 0.2) is 0 Å². The second kappa shape index (κ2) is 11.2. The Morgan fingerprint density at radius 1 is 1.03 bits per heavy atom. The summed E-state index contributed by atoms with van der Waals surface area (Å²) < 4.78 is 11.5. The summed E-state index contributed by atoms with van der Waals surface area (Å²) in [6, 6.07) is 8.67. The molecule has 0 radical (unpaired) electrons. The lowest BCUT2D eigenvalue weighted by Gasteiger charge is -2.44. The van der Waals surface area contributed by atoms with Gasteiger partial charge >= 0.3 is 0 Å². The van der Waals surface area contributed by atoms with Crippen LogP contribution in [0.4, 0.5) is 11.4 Å². The number of hydrazine groups is 1. The number of nitrogens with zero attached hydrogens (tertiary/aromatic N) is 4. The fourth-order valence-electron chi connectivity index (χ4n) is 5.99. The van der Waals surface area contributed by atoms with E-state index in [2.05, 4.69) is 67.4 Å². The molecule has 4 saturated heterocycles. The van der Waals surface area contributed by atoms with Crippen molar-refractivity contribution in [1.82, 2.24) is 30.9 Å². The molecule has 0 spiro atoms. The van der Waals surface area contributed by atoms with E-state index < -0.39 is 0 Å². The SMILES string of the molecule is CN1CCN(c2ccc(NC3NCC4C(=O)N5C/C=C/COCOC6CCCC(N6)N5C4N3)cc2)CC1. The smallest absolute Gasteiger partial charge is 0.244 e. The minimum absolute atomic E-state index is 0.0136. The summed E-state index contributed by atoms with van der Waals surface area (Å²) in [6.45, 7) is 6.19. The molecule has 1 aromatic rings. The molecule has 202 valence electrons. The van der Waals surface area contributed by atoms with Crippen molar-refractivity contribution in [2.45, 2.75) is 44.1 Å². The van der Waals surface area contributed by atoms with E-state index in [4.69, 9.17) is 9.47 Å². The van der Waals surface area contributed by atoms with E-state index >= 15 is 0 Å². The molecule has 6 rings (SSSR count). The Labute approximate surface area is 219 Å². The number of benzene rings is 1. The Morgan fingerprint density at radius 3 is 2.70 bits per heavy atom. The van der Waals surface area contributed by atoms with Crippen LogP contribution in [0.1, 0.15) is 19.3 Å². The van der Waals surface area contributed by atoms with Crippen LogP contribution in [0.25, 0.3) is 0 Å². The molecule has 5 atom stereocenters. The molecular formula is C26H40N8O3. The van der Waals surface area contributed by atoms with Crippen molar-refractivity contribution in [3.8, 4) is 0 Å². The van der Waals surface area contributed by atoms with Gasteiger partial charge in [-0.2, -0.15) is 5.01 Å². The number of rotatable bonds is 3. The van der Waals surface area contributed by atoms with Crippen LogP contribution >= 0.6 is 0 Å². The van der Waals surface area contributed by atoms with Gasteiger partial charge in [-0.05, 0) is 50.6 Å². The van der Waals surface area contributed by atoms with Gasteiger partial charge in [0.05, 0.1) is 31.4 Å². The maximum atomic E-state index is 13.5. The molecular weight excluding hydrogens is 472 g/mol. The van der Waals surface area contributed by atoms with E-state index in [1.54, 1.807) is 0 Å². The highest BCUT2D eigenvalue weighted by atomic mass is 16.7. The largest absolute Gasteiger partial charge is 0.369 e. The molecule has 5 unspecified atom stereocenters. The number of ether oxygens (including phenoxy) is 2. The number of carbonyl (C=O) groups is 1. The Kier molecular flexibility index (Phi) is 7.61. The molecule has 2 bridgehead atoms. The molecule has 0 saturated carbocycles. The van der Waals surface area contributed by atoms with E-state index in [0.29, 0.717) is 19.7 Å². The molecule has 4 N–H and O–H groups in total. The van der Waals surface area contributed by atoms with Gasteiger partial charge in [0.1, 0.15) is 19.3 Å². The summed E-state index contributed by atoms with van der Waals surface area (Å²) >= 11 is 0. The zero-order valence-corrected chi connectivity index (χ0v) is 21.6. The first-order valence-electron chi connectivity index (χ1n) is 13.7. The van der Waals surface area contributed by atoms with E-state index in [0.717, 1.165) is 51.1 Å². The van der Waals surface area contributed by atoms with E-state index in [1.807, 2.05) is 17.2 Å². The predicted octanol–water partition coefficient (Wildman–Crippen LogP) is 0.314. The molecule has 11 nitrogen and oxygen atoms in total. The minimum Gasteiger partial charge on any atom is -0.369 e. The minimum atomic E-state index is -0.157. The molecule has 1 aromatic carbocycles. The average Bonchev–Trinajstić information content (AvgIpc) is 3.19. The second-order valence-electron chi connectivity index (χ2n) is 10.6. The quantitative estimate of drug-likeness (QED) is 0.424. The van der Waals surface area contributed by atoms with Gasteiger partial charge < -0.3 is 24.6 Å². The van der Waals surface area contributed by atoms with Crippen molar-refractivity contribution in [1.29, 1.82) is 0 Å². The maximum absolute atomic E-state index is 13.5. The third kappa shape index (κ3) is 5.49. The Hall–Kier alpha value is -2.25. The molecule has 37 heavy (non-hydrogen) atoms. The molecule has 0 aliphatic carbocycles. The molecule has 11 heteroatoms. The maximum Gasteiger partial charge on any atom is 0.244 e. The van der Waals surface area contributed by atoms with Gasteiger partial charge in [0, 0.05) is 44.1 Å². The van der Waals surface area contributed by atoms with Gasteiger partial charge in [-0.3, -0.25) is 25.8 Å². The van der Waals surface area contributed by atoms with Crippen LogP contribution in [0.5, 0.6) is 0 Å². The van der Waals surface area contributed by atoms with Gasteiger partial charge in [-0.15, -0.1) is 0 Å². The second-order valence-corrected chi connectivity index (χ2v) is 10.6. The van der Waals surface area contributed by atoms with Crippen LogP contribution in [0, 0.1) is 5.92 Å². The lowest BCUT2D eigenvalue weighted by molar-refractivity contribution is -0.156. The highest BCUT2D eigenvalue weighted by Gasteiger charge is 2.52. The van der Waals surface area contributed by atoms with E-state index in [1.165, 1.54) is 5.69 Å². The first-order valence-corrected chi connectivity index (χ1v) is 13.7. The normalized spacial score (nSPS) is 34.7. The number of hydrogen-bond acceptors (Lipinski definition) is 10. The fraction of sp³-hybridized carbons (Fsp3) is 0.654. The summed E-state index contributed by atoms with van der Waals surface area (Å²) in [7, 11) is 2.18. The first-order chi connectivity index (χ1) is 18.2. The van der Waals surface area contributed by atoms with Crippen molar-refractivity contribution >= 4 is 17.3 Å². The Bertz CT molecular complexity index is 954. The first kappa shape index (κ1) is 25.1. The number of fused-ring (bicyclic) bond motifs is 6. The highest BCUT2D eigenvalue weighted by Crippen LogP contribution is 2.31. The molecule has 5 aliphatic rings. The molecule has 4 fully saturated rings. The molecule has 5 heterocycles. The summed E-state index contributed by atoms with van der Waals surface area (Å²) in [4.78, 5) is 18.3. The Balaban J connectivity index is 1.15. The van der Waals surface area contributed by atoms with E-state index in [9.17, 15) is 4.79 Å². The number of carbonyl (C=O) groups excluding carboxylic acids is 1. The van der Waals surface area contributed by atoms with Gasteiger partial charge in [0.25, 0.3) is 0 Å². The Morgan fingerprint density at radius 2 is 1.86 bits per heavy atom. The number of anilines is 2.